The van der Waals surface area contributed by atoms with Crippen molar-refractivity contribution in [3.63, 3.8) is 0 Å². The van der Waals surface area contributed by atoms with Gasteiger partial charge in [-0.05, 0) is 25.7 Å². The molecule has 0 spiro atoms. The lowest BCUT2D eigenvalue weighted by molar-refractivity contribution is -0.118. The van der Waals surface area contributed by atoms with E-state index in [1.54, 1.807) is 17.1 Å². The minimum absolute atomic E-state index is 0.122. The Balaban J connectivity index is 1.86. The van der Waals surface area contributed by atoms with Gasteiger partial charge in [-0.15, -0.1) is 0 Å². The summed E-state index contributed by atoms with van der Waals surface area (Å²) in [7, 11) is 0. The van der Waals surface area contributed by atoms with Gasteiger partial charge >= 0.3 is 0 Å². The summed E-state index contributed by atoms with van der Waals surface area (Å²) < 4.78 is 1.54. The fourth-order valence-corrected chi connectivity index (χ4v) is 2.18. The van der Waals surface area contributed by atoms with E-state index in [9.17, 15) is 4.79 Å². The number of nitrogens with two attached hydrogens (primary N) is 2. The van der Waals surface area contributed by atoms with Gasteiger partial charge in [0.15, 0.2) is 0 Å². The molecule has 6 nitrogen and oxygen atoms in total. The van der Waals surface area contributed by atoms with E-state index >= 15 is 0 Å². The molecular formula is C11H19N5O. The molecule has 1 saturated carbocycles. The fraction of sp³-hybridized carbons (Fsp3) is 0.636. The molecule has 1 heterocycles. The van der Waals surface area contributed by atoms with E-state index < -0.39 is 0 Å². The summed E-state index contributed by atoms with van der Waals surface area (Å²) in [5.41, 5.74) is 11.9. The molecule has 1 amide bonds. The molecule has 1 aromatic rings. The first-order valence-corrected chi connectivity index (χ1v) is 5.96. The Morgan fingerprint density at radius 3 is 2.82 bits per heavy atom. The lowest BCUT2D eigenvalue weighted by Crippen LogP contribution is -2.32. The average molecular weight is 237 g/mol. The van der Waals surface area contributed by atoms with Crippen LogP contribution in [0.15, 0.2) is 12.4 Å². The Morgan fingerprint density at radius 1 is 1.47 bits per heavy atom. The zero-order valence-corrected chi connectivity index (χ0v) is 9.80. The normalized spacial score (nSPS) is 24.5. The summed E-state index contributed by atoms with van der Waals surface area (Å²) in [6.45, 7) is 0.122. The van der Waals surface area contributed by atoms with Gasteiger partial charge in [0.25, 0.3) is 0 Å². The number of carbonyl (C=O) groups excluding carboxylic acids is 1. The summed E-state index contributed by atoms with van der Waals surface area (Å²) in [6.07, 6.45) is 7.82. The highest BCUT2D eigenvalue weighted by Gasteiger charge is 2.18. The molecule has 1 aromatic heterocycles. The summed E-state index contributed by atoms with van der Waals surface area (Å²) in [6, 6.07) is 0.812. The number of hydrogen-bond donors (Lipinski definition) is 3. The Hall–Kier alpha value is -1.56. The van der Waals surface area contributed by atoms with Crippen LogP contribution in [0, 0.1) is 0 Å². The number of amides is 1. The van der Waals surface area contributed by atoms with Gasteiger partial charge in [0.2, 0.25) is 5.91 Å². The molecule has 0 aromatic carbocycles. The first-order valence-electron chi connectivity index (χ1n) is 5.96. The summed E-state index contributed by atoms with van der Waals surface area (Å²) in [5, 5.41) is 7.47. The van der Waals surface area contributed by atoms with Crippen molar-refractivity contribution in [3.8, 4) is 0 Å². The van der Waals surface area contributed by atoms with Crippen molar-refractivity contribution in [2.75, 3.05) is 5.32 Å². The molecule has 0 radical (unpaired) electrons. The zero-order valence-electron chi connectivity index (χ0n) is 9.80. The molecule has 1 aliphatic carbocycles. The Morgan fingerprint density at radius 2 is 2.18 bits per heavy atom. The van der Waals surface area contributed by atoms with Crippen LogP contribution in [0.1, 0.15) is 25.7 Å². The second-order valence-corrected chi connectivity index (χ2v) is 4.65. The highest BCUT2D eigenvalue weighted by molar-refractivity contribution is 5.73. The van der Waals surface area contributed by atoms with E-state index in [1.165, 1.54) is 0 Å². The van der Waals surface area contributed by atoms with E-state index in [2.05, 4.69) is 10.4 Å². The maximum atomic E-state index is 10.7. The van der Waals surface area contributed by atoms with Gasteiger partial charge in [-0.3, -0.25) is 9.48 Å². The third-order valence-corrected chi connectivity index (χ3v) is 3.09. The highest BCUT2D eigenvalue weighted by Crippen LogP contribution is 2.20. The predicted molar refractivity (Wildman–Crippen MR) is 65.3 cm³/mol. The smallest absolute Gasteiger partial charge is 0.239 e. The van der Waals surface area contributed by atoms with Crippen molar-refractivity contribution in [3.05, 3.63) is 12.4 Å². The molecular weight excluding hydrogens is 218 g/mol. The molecule has 5 N–H and O–H groups in total. The second kappa shape index (κ2) is 5.18. The number of anilines is 1. The predicted octanol–water partition coefficient (Wildman–Crippen LogP) is 0.0502. The van der Waals surface area contributed by atoms with Crippen LogP contribution in [-0.2, 0) is 11.3 Å². The molecule has 2 rings (SSSR count). The molecule has 17 heavy (non-hydrogen) atoms. The molecule has 1 fully saturated rings. The monoisotopic (exact) mass is 237 g/mol. The van der Waals surface area contributed by atoms with Crippen LogP contribution in [-0.4, -0.2) is 27.8 Å². The number of primary amides is 1. The average Bonchev–Trinajstić information content (AvgIpc) is 2.68. The van der Waals surface area contributed by atoms with Gasteiger partial charge in [0.1, 0.15) is 6.54 Å². The van der Waals surface area contributed by atoms with Crippen molar-refractivity contribution in [1.82, 2.24) is 9.78 Å². The van der Waals surface area contributed by atoms with Gasteiger partial charge in [0, 0.05) is 18.3 Å². The first-order chi connectivity index (χ1) is 8.13. The standard InChI is InChI=1S/C11H19N5O/c12-8-1-3-9(4-2-8)15-10-5-14-16(6-10)7-11(13)17/h5-6,8-9,15H,1-4,7,12H2,(H2,13,17). The van der Waals surface area contributed by atoms with Gasteiger partial charge < -0.3 is 16.8 Å². The number of carbonyl (C=O) groups is 1. The van der Waals surface area contributed by atoms with Crippen LogP contribution in [0.5, 0.6) is 0 Å². The quantitative estimate of drug-likeness (QED) is 0.689. The van der Waals surface area contributed by atoms with E-state index in [-0.39, 0.29) is 12.5 Å². The van der Waals surface area contributed by atoms with Crippen molar-refractivity contribution in [1.29, 1.82) is 0 Å². The third kappa shape index (κ3) is 3.45. The van der Waals surface area contributed by atoms with Gasteiger partial charge in [-0.25, -0.2) is 0 Å². The molecule has 1 aliphatic rings. The molecule has 94 valence electrons. The van der Waals surface area contributed by atoms with Crippen molar-refractivity contribution < 1.29 is 4.79 Å². The topological polar surface area (TPSA) is 99.0 Å². The van der Waals surface area contributed by atoms with Crippen molar-refractivity contribution in [2.45, 2.75) is 44.3 Å². The van der Waals surface area contributed by atoms with Crippen LogP contribution in [0.3, 0.4) is 0 Å². The Bertz CT molecular complexity index is 381. The Kier molecular flexibility index (Phi) is 3.63. The van der Waals surface area contributed by atoms with Crippen LogP contribution >= 0.6 is 0 Å². The van der Waals surface area contributed by atoms with Crippen LogP contribution < -0.4 is 16.8 Å². The van der Waals surface area contributed by atoms with Crippen LogP contribution in [0.4, 0.5) is 5.69 Å². The van der Waals surface area contributed by atoms with E-state index in [4.69, 9.17) is 11.5 Å². The largest absolute Gasteiger partial charge is 0.380 e. The van der Waals surface area contributed by atoms with Gasteiger partial charge in [0.05, 0.1) is 11.9 Å². The Labute approximate surface area is 100 Å². The van der Waals surface area contributed by atoms with E-state index in [0.717, 1.165) is 31.4 Å². The highest BCUT2D eigenvalue weighted by atomic mass is 16.1. The van der Waals surface area contributed by atoms with Gasteiger partial charge in [-0.2, -0.15) is 5.10 Å². The molecule has 0 bridgehead atoms. The zero-order chi connectivity index (χ0) is 12.3. The maximum Gasteiger partial charge on any atom is 0.239 e. The minimum Gasteiger partial charge on any atom is -0.380 e. The minimum atomic E-state index is -0.386. The molecule has 0 unspecified atom stereocenters. The van der Waals surface area contributed by atoms with E-state index in [1.807, 2.05) is 0 Å². The molecule has 0 atom stereocenters. The number of rotatable bonds is 4. The molecule has 0 aliphatic heterocycles. The SMILES string of the molecule is NC(=O)Cn1cc(NC2CCC(N)CC2)cn1. The van der Waals surface area contributed by atoms with Crippen LogP contribution in [0.25, 0.3) is 0 Å². The van der Waals surface area contributed by atoms with Crippen molar-refractivity contribution >= 4 is 11.6 Å². The number of nitrogens with one attached hydrogen (secondary N) is 1. The molecule has 0 saturated heterocycles. The van der Waals surface area contributed by atoms with Crippen molar-refractivity contribution in [2.24, 2.45) is 11.5 Å². The summed E-state index contributed by atoms with van der Waals surface area (Å²) in [4.78, 5) is 10.7. The molecule has 6 heteroatoms. The maximum absolute atomic E-state index is 10.7. The number of hydrogen-bond acceptors (Lipinski definition) is 4. The van der Waals surface area contributed by atoms with Crippen LogP contribution in [0.2, 0.25) is 0 Å². The van der Waals surface area contributed by atoms with E-state index in [0.29, 0.717) is 12.1 Å². The number of nitrogens with zero attached hydrogens (tertiary/aromatic N) is 2. The summed E-state index contributed by atoms with van der Waals surface area (Å²) >= 11 is 0. The fourth-order valence-electron chi connectivity index (χ4n) is 2.18. The summed E-state index contributed by atoms with van der Waals surface area (Å²) in [5.74, 6) is -0.386. The lowest BCUT2D eigenvalue weighted by atomic mass is 9.92. The second-order valence-electron chi connectivity index (χ2n) is 4.65. The van der Waals surface area contributed by atoms with Gasteiger partial charge in [-0.1, -0.05) is 0 Å². The number of aromatic nitrogens is 2. The third-order valence-electron chi connectivity index (χ3n) is 3.09. The first kappa shape index (κ1) is 11.9. The lowest BCUT2D eigenvalue weighted by Gasteiger charge is -2.26.